The minimum atomic E-state index is -5.12. The maximum Gasteiger partial charge on any atom is 0.573 e. The number of hydrogen-bond donors (Lipinski definition) is 2. The van der Waals surface area contributed by atoms with Gasteiger partial charge in [0.05, 0.1) is 20.0 Å². The van der Waals surface area contributed by atoms with Gasteiger partial charge in [-0.15, -0.1) is 13.2 Å². The van der Waals surface area contributed by atoms with Gasteiger partial charge in [0.1, 0.15) is 12.4 Å². The fourth-order valence-electron chi connectivity index (χ4n) is 5.43. The molecule has 0 bridgehead atoms. The molecule has 2 N–H and O–H groups in total. The van der Waals surface area contributed by atoms with Gasteiger partial charge in [0, 0.05) is 25.5 Å². The molecule has 0 radical (unpaired) electrons. The van der Waals surface area contributed by atoms with E-state index in [4.69, 9.17) is 14.2 Å². The summed E-state index contributed by atoms with van der Waals surface area (Å²) in [4.78, 5) is 65.6. The number of amides is 1. The van der Waals surface area contributed by atoms with E-state index in [2.05, 4.69) is 40.1 Å². The first-order valence-corrected chi connectivity index (χ1v) is 15.6. The summed E-state index contributed by atoms with van der Waals surface area (Å²) in [5.41, 5.74) is 0.440. The maximum atomic E-state index is 13.4. The van der Waals surface area contributed by atoms with Gasteiger partial charge >= 0.3 is 30.4 Å². The molecule has 16 nitrogen and oxygen atoms in total. The number of halogens is 6. The Morgan fingerprint density at radius 1 is 0.981 bits per heavy atom. The highest BCUT2D eigenvalue weighted by Crippen LogP contribution is 2.38. The average Bonchev–Trinajstić information content (AvgIpc) is 3.65. The van der Waals surface area contributed by atoms with Gasteiger partial charge in [-0.05, 0) is 31.4 Å². The molecule has 0 saturated carbocycles. The van der Waals surface area contributed by atoms with Gasteiger partial charge in [0.25, 0.3) is 5.91 Å². The number of aliphatic imine (C=N–C) groups is 1. The van der Waals surface area contributed by atoms with Crippen molar-refractivity contribution in [3.05, 3.63) is 48.5 Å². The summed E-state index contributed by atoms with van der Waals surface area (Å²) < 4.78 is 104. The van der Waals surface area contributed by atoms with E-state index in [0.29, 0.717) is 5.56 Å². The number of esters is 3. The average molecular weight is 762 g/mol. The normalized spacial score (nSPS) is 20.2. The molecule has 1 fully saturated rings. The largest absolute Gasteiger partial charge is 0.573 e. The summed E-state index contributed by atoms with van der Waals surface area (Å²) in [5.74, 6) is -3.33. The zero-order valence-corrected chi connectivity index (χ0v) is 28.1. The Bertz CT molecular complexity index is 1770. The van der Waals surface area contributed by atoms with Crippen molar-refractivity contribution >= 4 is 47.2 Å². The monoisotopic (exact) mass is 761 g/mol. The number of rotatable bonds is 15. The van der Waals surface area contributed by atoms with Crippen molar-refractivity contribution in [1.29, 1.82) is 0 Å². The van der Waals surface area contributed by atoms with Crippen LogP contribution < -0.4 is 10.6 Å². The number of anilines is 1. The van der Waals surface area contributed by atoms with Crippen molar-refractivity contribution in [2.24, 2.45) is 4.99 Å². The predicted molar refractivity (Wildman–Crippen MR) is 168 cm³/mol. The number of benzene rings is 1. The molecule has 4 rings (SSSR count). The Labute approximate surface area is 296 Å². The van der Waals surface area contributed by atoms with Crippen LogP contribution in [0.1, 0.15) is 49.7 Å². The summed E-state index contributed by atoms with van der Waals surface area (Å²) in [6.45, 7) is 0.561. The number of carbonyl (C=O) groups excluding carboxylic acids is 4. The molecule has 3 heterocycles. The Hall–Kier alpha value is -5.38. The van der Waals surface area contributed by atoms with Crippen LogP contribution in [0.4, 0.5) is 32.2 Å². The van der Waals surface area contributed by atoms with E-state index in [0.717, 1.165) is 27.3 Å². The smallest absolute Gasteiger partial charge is 0.467 e. The van der Waals surface area contributed by atoms with Crippen LogP contribution in [0.3, 0.4) is 0 Å². The number of carbonyl (C=O) groups is 4. The minimum Gasteiger partial charge on any atom is -0.467 e. The van der Waals surface area contributed by atoms with Gasteiger partial charge < -0.3 is 34.3 Å². The summed E-state index contributed by atoms with van der Waals surface area (Å²) in [5, 5.41) is 4.91. The number of aromatic nitrogens is 4. The first-order chi connectivity index (χ1) is 25.0. The van der Waals surface area contributed by atoms with Gasteiger partial charge in [-0.3, -0.25) is 19.0 Å². The van der Waals surface area contributed by atoms with E-state index in [-0.39, 0.29) is 36.2 Å². The number of imidazole rings is 1. The van der Waals surface area contributed by atoms with Gasteiger partial charge in [-0.25, -0.2) is 24.7 Å². The lowest BCUT2D eigenvalue weighted by Crippen LogP contribution is -2.44. The fraction of sp³-hybridized carbons (Fsp3) is 0.484. The number of nitrogens with zero attached hydrogens (tertiary/aromatic N) is 5. The Balaban J connectivity index is 1.66. The quantitative estimate of drug-likeness (QED) is 0.0750. The maximum absolute atomic E-state index is 13.4. The predicted octanol–water partition coefficient (Wildman–Crippen LogP) is 3.64. The number of alkyl halides is 6. The number of ether oxygens (including phenoxy) is 5. The van der Waals surface area contributed by atoms with Crippen LogP contribution in [-0.2, 0) is 38.1 Å². The van der Waals surface area contributed by atoms with Crippen molar-refractivity contribution in [2.45, 2.75) is 82.3 Å². The van der Waals surface area contributed by atoms with Crippen molar-refractivity contribution in [3.63, 3.8) is 0 Å². The highest BCUT2D eigenvalue weighted by molar-refractivity contribution is 6.06. The number of nitrogens with one attached hydrogen (secondary N) is 2. The zero-order valence-electron chi connectivity index (χ0n) is 28.1. The van der Waals surface area contributed by atoms with Gasteiger partial charge in [0.15, 0.2) is 47.9 Å². The summed E-state index contributed by atoms with van der Waals surface area (Å²) in [6, 6.07) is 5.35. The molecule has 2 aromatic heterocycles. The first kappa shape index (κ1) is 40.4. The van der Waals surface area contributed by atoms with Gasteiger partial charge in [-0.2, -0.15) is 13.2 Å². The molecule has 0 aliphatic carbocycles. The third-order valence-corrected chi connectivity index (χ3v) is 7.59. The first-order valence-electron chi connectivity index (χ1n) is 15.6. The Morgan fingerprint density at radius 3 is 2.28 bits per heavy atom. The minimum absolute atomic E-state index is 0.00223. The molecule has 22 heteroatoms. The van der Waals surface area contributed by atoms with Crippen molar-refractivity contribution < 1.29 is 69.2 Å². The van der Waals surface area contributed by atoms with E-state index in [1.54, 1.807) is 30.3 Å². The molecular weight excluding hydrogens is 728 g/mol. The third kappa shape index (κ3) is 11.6. The zero-order chi connectivity index (χ0) is 38.9. The molecule has 3 aromatic rings. The number of methoxy groups -OCH3 is 1. The molecule has 1 unspecified atom stereocenters. The molecular formula is C31H33F6N7O9. The number of hydrogen-bond acceptors (Lipinski definition) is 14. The van der Waals surface area contributed by atoms with E-state index in [1.807, 2.05) is 0 Å². The second kappa shape index (κ2) is 17.4. The van der Waals surface area contributed by atoms with Crippen molar-refractivity contribution in [1.82, 2.24) is 24.8 Å². The molecule has 1 aromatic carbocycles. The Morgan fingerprint density at radius 2 is 1.66 bits per heavy atom. The van der Waals surface area contributed by atoms with Crippen LogP contribution in [0.25, 0.3) is 11.2 Å². The highest BCUT2D eigenvalue weighted by Gasteiger charge is 2.51. The van der Waals surface area contributed by atoms with E-state index >= 15 is 0 Å². The fourth-order valence-corrected chi connectivity index (χ4v) is 5.43. The van der Waals surface area contributed by atoms with Crippen LogP contribution in [0.5, 0.6) is 0 Å². The molecule has 6 atom stereocenters. The van der Waals surface area contributed by atoms with E-state index < -0.39 is 85.9 Å². The molecule has 53 heavy (non-hydrogen) atoms. The van der Waals surface area contributed by atoms with Crippen LogP contribution in [0.2, 0.25) is 0 Å². The van der Waals surface area contributed by atoms with Crippen LogP contribution in [0, 0.1) is 0 Å². The van der Waals surface area contributed by atoms with E-state index in [9.17, 15) is 45.5 Å². The lowest BCUT2D eigenvalue weighted by molar-refractivity contribution is -0.280. The third-order valence-electron chi connectivity index (χ3n) is 7.59. The van der Waals surface area contributed by atoms with E-state index in [1.165, 1.54) is 10.9 Å². The molecule has 288 valence electrons. The Kier molecular flexibility index (Phi) is 13.3. The summed E-state index contributed by atoms with van der Waals surface area (Å²) in [7, 11) is 0.936. The lowest BCUT2D eigenvalue weighted by atomic mass is 9.97. The molecule has 1 aliphatic heterocycles. The number of fused-ring (bicyclic) bond motifs is 1. The van der Waals surface area contributed by atoms with Gasteiger partial charge in [0.2, 0.25) is 0 Å². The molecule has 1 amide bonds. The van der Waals surface area contributed by atoms with Crippen LogP contribution in [-0.4, -0.2) is 106 Å². The topological polar surface area (TPSA) is 194 Å². The summed E-state index contributed by atoms with van der Waals surface area (Å²) >= 11 is 0. The SMILES string of the molecule is COC(=O)[C@H](CC[C@@H](C[C@H]1O[C@@H](n2cnc3c(NC(=O)c4ccccc4)ncnc32)[C@@H](OC(C)=O)C1OC(C)=O)NCC(F)(F)F)N=COC(F)(F)F. The molecule has 1 aliphatic rings. The second-order valence-corrected chi connectivity index (χ2v) is 11.4. The van der Waals surface area contributed by atoms with Crippen molar-refractivity contribution in [3.8, 4) is 0 Å². The lowest BCUT2D eigenvalue weighted by Gasteiger charge is -2.27. The van der Waals surface area contributed by atoms with Crippen LogP contribution >= 0.6 is 0 Å². The highest BCUT2D eigenvalue weighted by atomic mass is 19.4. The summed E-state index contributed by atoms with van der Waals surface area (Å²) in [6.07, 6.45) is -14.2. The van der Waals surface area contributed by atoms with Crippen LogP contribution in [0.15, 0.2) is 48.0 Å². The standard InChI is InChI=1S/C31H33F6N7O9/c1-16(45)51-23-21(11-19(38-12-30(32,33)34)9-10-20(29(48)49-3)42-15-50-31(35,36)37)53-28(24(23)52-17(2)46)44-14-41-22-25(39-13-40-26(22)44)43-27(47)18-7-5-4-6-8-18/h4-8,13-15,19-21,23-24,28,38H,9-12H2,1-3H3,(H,39,40,43,47)/t19-,20-,21+,23?,24-,28+/m0/s1. The second-order valence-electron chi connectivity index (χ2n) is 11.4. The molecule has 1 saturated heterocycles. The van der Waals surface area contributed by atoms with Gasteiger partial charge in [-0.1, -0.05) is 18.2 Å². The van der Waals surface area contributed by atoms with Crippen molar-refractivity contribution in [2.75, 3.05) is 19.0 Å². The molecule has 0 spiro atoms.